The van der Waals surface area contributed by atoms with Crippen molar-refractivity contribution in [1.82, 2.24) is 4.90 Å². The molecule has 0 saturated carbocycles. The number of nitrogens with zero attached hydrogens (tertiary/aromatic N) is 1. The molecule has 2 heterocycles. The number of thiophene rings is 1. The van der Waals surface area contributed by atoms with Crippen molar-refractivity contribution >= 4 is 11.3 Å². The van der Waals surface area contributed by atoms with Crippen LogP contribution in [-0.4, -0.2) is 37.2 Å². The van der Waals surface area contributed by atoms with Gasteiger partial charge in [0.2, 0.25) is 0 Å². The van der Waals surface area contributed by atoms with E-state index in [1.807, 2.05) is 11.3 Å². The summed E-state index contributed by atoms with van der Waals surface area (Å²) in [7, 11) is 0. The summed E-state index contributed by atoms with van der Waals surface area (Å²) in [5, 5.41) is 2.17. The van der Waals surface area contributed by atoms with E-state index >= 15 is 0 Å². The van der Waals surface area contributed by atoms with Crippen molar-refractivity contribution in [3.63, 3.8) is 0 Å². The minimum Gasteiger partial charge on any atom is -0.377 e. The van der Waals surface area contributed by atoms with E-state index in [1.165, 1.54) is 23.3 Å². The Morgan fingerprint density at radius 3 is 3.05 bits per heavy atom. The molecule has 0 radical (unpaired) electrons. The first-order valence-electron chi connectivity index (χ1n) is 7.36. The SMILES string of the molecule is CCCOC1CCCN(C(CN)c2sccc2C)C1. The third kappa shape index (κ3) is 3.78. The fraction of sp³-hybridized carbons (Fsp3) is 0.733. The molecule has 108 valence electrons. The topological polar surface area (TPSA) is 38.5 Å². The summed E-state index contributed by atoms with van der Waals surface area (Å²) >= 11 is 1.83. The molecule has 1 aliphatic heterocycles. The Morgan fingerprint density at radius 1 is 1.58 bits per heavy atom. The van der Waals surface area contributed by atoms with E-state index in [9.17, 15) is 0 Å². The molecule has 3 nitrogen and oxygen atoms in total. The fourth-order valence-electron chi connectivity index (χ4n) is 2.82. The van der Waals surface area contributed by atoms with Crippen LogP contribution >= 0.6 is 11.3 Å². The van der Waals surface area contributed by atoms with Crippen LogP contribution in [0.3, 0.4) is 0 Å². The zero-order valence-electron chi connectivity index (χ0n) is 12.1. The van der Waals surface area contributed by atoms with Gasteiger partial charge in [0, 0.05) is 24.6 Å². The highest BCUT2D eigenvalue weighted by atomic mass is 32.1. The maximum absolute atomic E-state index is 6.03. The Labute approximate surface area is 120 Å². The smallest absolute Gasteiger partial charge is 0.0702 e. The van der Waals surface area contributed by atoms with E-state index in [2.05, 4.69) is 30.2 Å². The second kappa shape index (κ2) is 7.39. The number of likely N-dealkylation sites (tertiary alicyclic amines) is 1. The summed E-state index contributed by atoms with van der Waals surface area (Å²) in [4.78, 5) is 3.95. The standard InChI is InChI=1S/C15H26N2OS/c1-3-8-18-13-5-4-7-17(11-13)14(10-16)15-12(2)6-9-19-15/h6,9,13-14H,3-5,7-8,10-11,16H2,1-2H3. The average Bonchev–Trinajstić information content (AvgIpc) is 2.84. The van der Waals surface area contributed by atoms with E-state index in [0.29, 0.717) is 18.7 Å². The quantitative estimate of drug-likeness (QED) is 0.872. The molecule has 4 heteroatoms. The number of ether oxygens (including phenoxy) is 1. The van der Waals surface area contributed by atoms with Crippen molar-refractivity contribution in [2.75, 3.05) is 26.2 Å². The molecule has 2 atom stereocenters. The van der Waals surface area contributed by atoms with Gasteiger partial charge in [-0.25, -0.2) is 0 Å². The zero-order valence-corrected chi connectivity index (χ0v) is 12.9. The van der Waals surface area contributed by atoms with Crippen LogP contribution in [0, 0.1) is 6.92 Å². The molecule has 0 bridgehead atoms. The van der Waals surface area contributed by atoms with E-state index in [0.717, 1.165) is 26.1 Å². The first kappa shape index (κ1) is 15.0. The van der Waals surface area contributed by atoms with E-state index < -0.39 is 0 Å². The lowest BCUT2D eigenvalue weighted by Gasteiger charge is -2.37. The van der Waals surface area contributed by atoms with Gasteiger partial charge in [-0.1, -0.05) is 6.92 Å². The Kier molecular flexibility index (Phi) is 5.82. The summed E-state index contributed by atoms with van der Waals surface area (Å²) < 4.78 is 5.93. The number of hydrogen-bond acceptors (Lipinski definition) is 4. The lowest BCUT2D eigenvalue weighted by molar-refractivity contribution is -0.0115. The maximum atomic E-state index is 6.03. The number of aryl methyl sites for hydroxylation is 1. The van der Waals surface area contributed by atoms with Gasteiger partial charge in [-0.3, -0.25) is 4.90 Å². The van der Waals surface area contributed by atoms with Gasteiger partial charge in [0.15, 0.2) is 0 Å². The second-order valence-electron chi connectivity index (χ2n) is 5.35. The number of hydrogen-bond donors (Lipinski definition) is 1. The Bertz CT molecular complexity index is 380. The predicted octanol–water partition coefficient (Wildman–Crippen LogP) is 2.95. The largest absolute Gasteiger partial charge is 0.377 e. The molecule has 1 aromatic rings. The Balaban J connectivity index is 2.00. The van der Waals surface area contributed by atoms with Gasteiger partial charge in [0.05, 0.1) is 12.1 Å². The molecule has 0 amide bonds. The normalized spacial score (nSPS) is 22.6. The summed E-state index contributed by atoms with van der Waals surface area (Å²) in [6.07, 6.45) is 3.90. The highest BCUT2D eigenvalue weighted by Gasteiger charge is 2.27. The fourth-order valence-corrected chi connectivity index (χ4v) is 3.89. The molecule has 1 aliphatic rings. The van der Waals surface area contributed by atoms with E-state index in [4.69, 9.17) is 10.5 Å². The summed E-state index contributed by atoms with van der Waals surface area (Å²) in [6, 6.07) is 2.56. The summed E-state index contributed by atoms with van der Waals surface area (Å²) in [6.45, 7) is 8.10. The minimum absolute atomic E-state index is 0.369. The van der Waals surface area contributed by atoms with Crippen molar-refractivity contribution in [3.05, 3.63) is 21.9 Å². The maximum Gasteiger partial charge on any atom is 0.0702 e. The highest BCUT2D eigenvalue weighted by Crippen LogP contribution is 2.30. The molecule has 0 spiro atoms. The van der Waals surface area contributed by atoms with Gasteiger partial charge in [-0.05, 0) is 49.7 Å². The Morgan fingerprint density at radius 2 is 2.42 bits per heavy atom. The first-order chi connectivity index (χ1) is 9.26. The molecule has 1 saturated heterocycles. The lowest BCUT2D eigenvalue weighted by Crippen LogP contribution is -2.44. The van der Waals surface area contributed by atoms with Crippen LogP contribution in [0.2, 0.25) is 0 Å². The molecule has 0 aliphatic carbocycles. The van der Waals surface area contributed by atoms with Crippen LogP contribution in [0.25, 0.3) is 0 Å². The molecule has 1 fully saturated rings. The van der Waals surface area contributed by atoms with Gasteiger partial charge in [0.1, 0.15) is 0 Å². The van der Waals surface area contributed by atoms with Crippen molar-refractivity contribution < 1.29 is 4.74 Å². The number of nitrogens with two attached hydrogens (primary N) is 1. The predicted molar refractivity (Wildman–Crippen MR) is 81.7 cm³/mol. The van der Waals surface area contributed by atoms with Crippen molar-refractivity contribution in [1.29, 1.82) is 0 Å². The van der Waals surface area contributed by atoms with Crippen LogP contribution in [0.15, 0.2) is 11.4 Å². The van der Waals surface area contributed by atoms with Crippen molar-refractivity contribution in [2.24, 2.45) is 5.73 Å². The van der Waals surface area contributed by atoms with Crippen LogP contribution in [-0.2, 0) is 4.74 Å². The molecular weight excluding hydrogens is 256 g/mol. The molecule has 2 N–H and O–H groups in total. The zero-order chi connectivity index (χ0) is 13.7. The van der Waals surface area contributed by atoms with E-state index in [-0.39, 0.29) is 0 Å². The average molecular weight is 282 g/mol. The van der Waals surface area contributed by atoms with Gasteiger partial charge in [-0.2, -0.15) is 0 Å². The van der Waals surface area contributed by atoms with Crippen LogP contribution < -0.4 is 5.73 Å². The number of piperidine rings is 1. The van der Waals surface area contributed by atoms with Gasteiger partial charge in [0.25, 0.3) is 0 Å². The first-order valence-corrected chi connectivity index (χ1v) is 8.24. The van der Waals surface area contributed by atoms with Crippen molar-refractivity contribution in [3.8, 4) is 0 Å². The molecular formula is C15H26N2OS. The van der Waals surface area contributed by atoms with Gasteiger partial charge < -0.3 is 10.5 Å². The second-order valence-corrected chi connectivity index (χ2v) is 6.30. The van der Waals surface area contributed by atoms with Gasteiger partial charge >= 0.3 is 0 Å². The molecule has 1 aromatic heterocycles. The molecule has 2 unspecified atom stereocenters. The van der Waals surface area contributed by atoms with Crippen LogP contribution in [0.4, 0.5) is 0 Å². The Hall–Kier alpha value is -0.420. The van der Waals surface area contributed by atoms with Crippen molar-refractivity contribution in [2.45, 2.75) is 45.3 Å². The lowest BCUT2D eigenvalue weighted by atomic mass is 10.0. The third-order valence-electron chi connectivity index (χ3n) is 3.84. The molecule has 0 aromatic carbocycles. The summed E-state index contributed by atoms with van der Waals surface area (Å²) in [5.41, 5.74) is 7.41. The third-order valence-corrected chi connectivity index (χ3v) is 4.96. The van der Waals surface area contributed by atoms with E-state index in [1.54, 1.807) is 0 Å². The molecule has 2 rings (SSSR count). The van der Waals surface area contributed by atoms with Crippen LogP contribution in [0.1, 0.15) is 42.7 Å². The monoisotopic (exact) mass is 282 g/mol. The highest BCUT2D eigenvalue weighted by molar-refractivity contribution is 7.10. The minimum atomic E-state index is 0.369. The molecule has 19 heavy (non-hydrogen) atoms. The van der Waals surface area contributed by atoms with Crippen LogP contribution in [0.5, 0.6) is 0 Å². The summed E-state index contributed by atoms with van der Waals surface area (Å²) in [5.74, 6) is 0. The van der Waals surface area contributed by atoms with Gasteiger partial charge in [-0.15, -0.1) is 11.3 Å². The number of rotatable bonds is 6.